The largest absolute Gasteiger partial charge is 0.394 e. The van der Waals surface area contributed by atoms with Crippen LogP contribution in [0.2, 0.25) is 0 Å². The number of hydrogen-bond donors (Lipinski definition) is 3. The predicted molar refractivity (Wildman–Crippen MR) is 60.0 cm³/mol. The van der Waals surface area contributed by atoms with Gasteiger partial charge in [0.05, 0.1) is 24.4 Å². The second-order valence-electron chi connectivity index (χ2n) is 5.11. The summed E-state index contributed by atoms with van der Waals surface area (Å²) in [6, 6.07) is -0.529. The minimum Gasteiger partial charge on any atom is -0.394 e. The van der Waals surface area contributed by atoms with Crippen LogP contribution < -0.4 is 5.73 Å². The summed E-state index contributed by atoms with van der Waals surface area (Å²) >= 11 is 0. The van der Waals surface area contributed by atoms with E-state index >= 15 is 0 Å². The Morgan fingerprint density at radius 1 is 1.44 bits per heavy atom. The summed E-state index contributed by atoms with van der Waals surface area (Å²) in [6.45, 7) is 7.15. The van der Waals surface area contributed by atoms with Gasteiger partial charge in [0.1, 0.15) is 18.3 Å². The zero-order chi connectivity index (χ0) is 12.5. The normalized spacial score (nSPS) is 39.0. The molecule has 1 saturated heterocycles. The highest BCUT2D eigenvalue weighted by molar-refractivity contribution is 5.00. The zero-order valence-corrected chi connectivity index (χ0v) is 10.4. The lowest BCUT2D eigenvalue weighted by Crippen LogP contribution is -2.67. The van der Waals surface area contributed by atoms with Crippen molar-refractivity contribution in [2.45, 2.75) is 63.8 Å². The lowest BCUT2D eigenvalue weighted by Gasteiger charge is -2.47. The van der Waals surface area contributed by atoms with Gasteiger partial charge in [0.15, 0.2) is 0 Å². The first-order valence-corrected chi connectivity index (χ1v) is 5.67. The zero-order valence-electron chi connectivity index (χ0n) is 10.4. The Kier molecular flexibility index (Phi) is 4.31. The van der Waals surface area contributed by atoms with Crippen molar-refractivity contribution < 1.29 is 19.7 Å². The molecule has 1 aliphatic rings. The lowest BCUT2D eigenvalue weighted by atomic mass is 9.85. The summed E-state index contributed by atoms with van der Waals surface area (Å²) in [7, 11) is 0. The minimum absolute atomic E-state index is 0.0503. The second-order valence-corrected chi connectivity index (χ2v) is 5.11. The highest BCUT2D eigenvalue weighted by atomic mass is 16.6. The van der Waals surface area contributed by atoms with Crippen molar-refractivity contribution in [2.75, 3.05) is 6.61 Å². The Morgan fingerprint density at radius 3 is 2.44 bits per heavy atom. The van der Waals surface area contributed by atoms with Gasteiger partial charge in [-0.1, -0.05) is 0 Å². The van der Waals surface area contributed by atoms with Crippen LogP contribution in [0.3, 0.4) is 0 Å². The molecule has 0 aromatic heterocycles. The van der Waals surface area contributed by atoms with Crippen molar-refractivity contribution in [3.05, 3.63) is 0 Å². The van der Waals surface area contributed by atoms with Gasteiger partial charge in [0.2, 0.25) is 0 Å². The third-order valence-electron chi connectivity index (χ3n) is 2.94. The molecule has 0 amide bonds. The molecule has 16 heavy (non-hydrogen) atoms. The predicted octanol–water partition coefficient (Wildman–Crippen LogP) is -0.362. The maximum atomic E-state index is 10.1. The first kappa shape index (κ1) is 13.9. The topological polar surface area (TPSA) is 84.9 Å². The minimum atomic E-state index is -0.830. The van der Waals surface area contributed by atoms with E-state index in [1.807, 2.05) is 13.8 Å². The summed E-state index contributed by atoms with van der Waals surface area (Å²) in [5.74, 6) is 0. The van der Waals surface area contributed by atoms with E-state index in [1.54, 1.807) is 13.8 Å². The summed E-state index contributed by atoms with van der Waals surface area (Å²) in [5, 5.41) is 19.3. The van der Waals surface area contributed by atoms with Crippen LogP contribution in [-0.4, -0.2) is 52.9 Å². The standard InChI is InChI=1S/C11H23NO4/c1-6(2)15-9-7(5-13)16-11(3,4)10(12)8(9)14/h6-10,13-14H,5,12H2,1-4H3. The second kappa shape index (κ2) is 4.98. The smallest absolute Gasteiger partial charge is 0.114 e. The molecule has 5 heteroatoms. The van der Waals surface area contributed by atoms with Crippen molar-refractivity contribution in [1.29, 1.82) is 0 Å². The molecule has 4 unspecified atom stereocenters. The van der Waals surface area contributed by atoms with Crippen LogP contribution in [0.4, 0.5) is 0 Å². The number of aliphatic hydroxyl groups excluding tert-OH is 2. The quantitative estimate of drug-likeness (QED) is 0.620. The van der Waals surface area contributed by atoms with Gasteiger partial charge >= 0.3 is 0 Å². The molecule has 1 fully saturated rings. The van der Waals surface area contributed by atoms with Crippen LogP contribution in [0, 0.1) is 0 Å². The first-order chi connectivity index (χ1) is 7.29. The maximum Gasteiger partial charge on any atom is 0.114 e. The number of ether oxygens (including phenoxy) is 2. The summed E-state index contributed by atoms with van der Waals surface area (Å²) in [4.78, 5) is 0. The van der Waals surface area contributed by atoms with E-state index < -0.39 is 30.0 Å². The highest BCUT2D eigenvalue weighted by Gasteiger charge is 2.48. The van der Waals surface area contributed by atoms with Gasteiger partial charge in [0, 0.05) is 0 Å². The van der Waals surface area contributed by atoms with Gasteiger partial charge in [-0.05, 0) is 27.7 Å². The van der Waals surface area contributed by atoms with E-state index in [0.717, 1.165) is 0 Å². The Hall–Kier alpha value is -0.200. The van der Waals surface area contributed by atoms with Crippen LogP contribution in [0.15, 0.2) is 0 Å². The summed E-state index contributed by atoms with van der Waals surface area (Å²) in [5.41, 5.74) is 5.24. The van der Waals surface area contributed by atoms with Gasteiger partial charge in [-0.25, -0.2) is 0 Å². The maximum absolute atomic E-state index is 10.1. The van der Waals surface area contributed by atoms with Gasteiger partial charge in [-0.3, -0.25) is 0 Å². The Morgan fingerprint density at radius 2 is 2.00 bits per heavy atom. The van der Waals surface area contributed by atoms with E-state index in [2.05, 4.69) is 0 Å². The third-order valence-corrected chi connectivity index (χ3v) is 2.94. The monoisotopic (exact) mass is 233 g/mol. The van der Waals surface area contributed by atoms with E-state index in [0.29, 0.717) is 0 Å². The van der Waals surface area contributed by atoms with Crippen LogP contribution >= 0.6 is 0 Å². The fourth-order valence-corrected chi connectivity index (χ4v) is 1.99. The number of aliphatic hydroxyl groups is 2. The van der Waals surface area contributed by atoms with E-state index in [-0.39, 0.29) is 12.7 Å². The molecular weight excluding hydrogens is 210 g/mol. The molecule has 0 radical (unpaired) electrons. The molecule has 96 valence electrons. The molecular formula is C11H23NO4. The molecule has 0 bridgehead atoms. The van der Waals surface area contributed by atoms with Gasteiger partial charge in [-0.2, -0.15) is 0 Å². The van der Waals surface area contributed by atoms with E-state index in [9.17, 15) is 10.2 Å². The van der Waals surface area contributed by atoms with Gasteiger partial charge < -0.3 is 25.4 Å². The van der Waals surface area contributed by atoms with Crippen molar-refractivity contribution in [2.24, 2.45) is 5.73 Å². The molecule has 0 aromatic carbocycles. The average Bonchev–Trinajstić information content (AvgIpc) is 2.18. The van der Waals surface area contributed by atoms with Gasteiger partial charge in [0.25, 0.3) is 0 Å². The number of rotatable bonds is 3. The molecule has 5 nitrogen and oxygen atoms in total. The Bertz CT molecular complexity index is 230. The molecule has 4 N–H and O–H groups in total. The van der Waals surface area contributed by atoms with Crippen LogP contribution in [0.5, 0.6) is 0 Å². The summed E-state index contributed by atoms with van der Waals surface area (Å²) in [6.07, 6.45) is -1.99. The molecule has 0 aliphatic carbocycles. The molecule has 4 atom stereocenters. The Labute approximate surface area is 96.5 Å². The first-order valence-electron chi connectivity index (χ1n) is 5.67. The fraction of sp³-hybridized carbons (Fsp3) is 1.00. The summed E-state index contributed by atoms with van der Waals surface area (Å²) < 4.78 is 11.2. The number of hydrogen-bond acceptors (Lipinski definition) is 5. The van der Waals surface area contributed by atoms with Crippen LogP contribution in [0.25, 0.3) is 0 Å². The molecule has 1 rings (SSSR count). The van der Waals surface area contributed by atoms with E-state index in [1.165, 1.54) is 0 Å². The Balaban J connectivity index is 2.82. The molecule has 0 aromatic rings. The van der Waals surface area contributed by atoms with Crippen molar-refractivity contribution >= 4 is 0 Å². The van der Waals surface area contributed by atoms with Crippen molar-refractivity contribution in [1.82, 2.24) is 0 Å². The van der Waals surface area contributed by atoms with Gasteiger partial charge in [-0.15, -0.1) is 0 Å². The van der Waals surface area contributed by atoms with Crippen molar-refractivity contribution in [3.8, 4) is 0 Å². The fourth-order valence-electron chi connectivity index (χ4n) is 1.99. The van der Waals surface area contributed by atoms with Crippen LogP contribution in [0.1, 0.15) is 27.7 Å². The molecule has 1 aliphatic heterocycles. The SMILES string of the molecule is CC(C)OC1C(CO)OC(C)(C)C(N)C1O. The molecule has 0 saturated carbocycles. The van der Waals surface area contributed by atoms with Crippen molar-refractivity contribution in [3.63, 3.8) is 0 Å². The van der Waals surface area contributed by atoms with Crippen LogP contribution in [-0.2, 0) is 9.47 Å². The third kappa shape index (κ3) is 2.73. The van der Waals surface area contributed by atoms with E-state index in [4.69, 9.17) is 15.2 Å². The highest BCUT2D eigenvalue weighted by Crippen LogP contribution is 2.30. The number of nitrogens with two attached hydrogens (primary N) is 1. The molecule has 0 spiro atoms. The lowest BCUT2D eigenvalue weighted by molar-refractivity contribution is -0.241. The molecule has 1 heterocycles. The average molecular weight is 233 g/mol.